The summed E-state index contributed by atoms with van der Waals surface area (Å²) in [4.78, 5) is 45.0. The van der Waals surface area contributed by atoms with E-state index in [1.807, 2.05) is 84.8 Å². The van der Waals surface area contributed by atoms with Gasteiger partial charge in [0.2, 0.25) is 11.7 Å². The SMILES string of the molecule is Cc1ccc(C(=O)C2C(C(=O)c3ccco3)C3(C(=O)Nc4ccccc43)C3c4ccccc4C=CN23)cc1. The lowest BCUT2D eigenvalue weighted by Gasteiger charge is -2.38. The lowest BCUT2D eigenvalue weighted by Crippen LogP contribution is -2.49. The van der Waals surface area contributed by atoms with Gasteiger partial charge in [-0.2, -0.15) is 0 Å². The molecule has 4 aromatic rings. The molecular formula is C32H24N2O4. The molecule has 3 aromatic carbocycles. The summed E-state index contributed by atoms with van der Waals surface area (Å²) in [6.45, 7) is 1.96. The third-order valence-electron chi connectivity index (χ3n) is 8.22. The molecule has 1 N–H and O–H groups in total. The van der Waals surface area contributed by atoms with Crippen LogP contribution >= 0.6 is 0 Å². The molecule has 38 heavy (non-hydrogen) atoms. The maximum atomic E-state index is 14.4. The third kappa shape index (κ3) is 2.91. The molecule has 1 aromatic heterocycles. The zero-order valence-electron chi connectivity index (χ0n) is 20.6. The second kappa shape index (κ2) is 8.15. The lowest BCUT2D eigenvalue weighted by atomic mass is 9.63. The van der Waals surface area contributed by atoms with Gasteiger partial charge in [0.15, 0.2) is 11.5 Å². The second-order valence-electron chi connectivity index (χ2n) is 10.2. The number of carbonyl (C=O) groups excluding carboxylic acids is 3. The van der Waals surface area contributed by atoms with Crippen LogP contribution in [0.2, 0.25) is 0 Å². The Kier molecular flexibility index (Phi) is 4.82. The highest BCUT2D eigenvalue weighted by molar-refractivity contribution is 6.16. The minimum Gasteiger partial charge on any atom is -0.461 e. The van der Waals surface area contributed by atoms with Crippen LogP contribution in [0.4, 0.5) is 5.69 Å². The molecular weight excluding hydrogens is 476 g/mol. The minimum absolute atomic E-state index is 0.130. The van der Waals surface area contributed by atoms with Crippen molar-refractivity contribution in [2.24, 2.45) is 5.92 Å². The van der Waals surface area contributed by atoms with Crippen LogP contribution in [0.3, 0.4) is 0 Å². The van der Waals surface area contributed by atoms with Crippen molar-refractivity contribution in [2.45, 2.75) is 24.4 Å². The molecule has 3 aliphatic heterocycles. The van der Waals surface area contributed by atoms with E-state index < -0.39 is 23.4 Å². The van der Waals surface area contributed by atoms with Gasteiger partial charge in [0, 0.05) is 17.5 Å². The summed E-state index contributed by atoms with van der Waals surface area (Å²) in [7, 11) is 0. The van der Waals surface area contributed by atoms with Gasteiger partial charge in [-0.3, -0.25) is 14.4 Å². The summed E-state index contributed by atoms with van der Waals surface area (Å²) in [5.41, 5.74) is 3.40. The third-order valence-corrected chi connectivity index (χ3v) is 8.22. The topological polar surface area (TPSA) is 79.6 Å². The zero-order valence-corrected chi connectivity index (χ0v) is 20.6. The van der Waals surface area contributed by atoms with E-state index in [1.54, 1.807) is 24.3 Å². The Hall–Kier alpha value is -4.71. The Morgan fingerprint density at radius 1 is 0.895 bits per heavy atom. The monoisotopic (exact) mass is 500 g/mol. The number of hydrogen-bond donors (Lipinski definition) is 1. The molecule has 6 nitrogen and oxygen atoms in total. The van der Waals surface area contributed by atoms with E-state index in [1.165, 1.54) is 6.26 Å². The first kappa shape index (κ1) is 22.5. The first-order valence-electron chi connectivity index (χ1n) is 12.7. The van der Waals surface area contributed by atoms with Gasteiger partial charge >= 0.3 is 0 Å². The minimum atomic E-state index is -1.35. The molecule has 0 bridgehead atoms. The van der Waals surface area contributed by atoms with Crippen molar-refractivity contribution in [3.8, 4) is 0 Å². The van der Waals surface area contributed by atoms with Gasteiger partial charge < -0.3 is 14.6 Å². The number of rotatable bonds is 4. The number of aryl methyl sites for hydroxylation is 1. The van der Waals surface area contributed by atoms with Crippen molar-refractivity contribution >= 4 is 29.2 Å². The van der Waals surface area contributed by atoms with Gasteiger partial charge in [-0.15, -0.1) is 0 Å². The number of benzene rings is 3. The highest BCUT2D eigenvalue weighted by Crippen LogP contribution is 2.62. The molecule has 0 radical (unpaired) electrons. The molecule has 3 aliphatic rings. The molecule has 6 heteroatoms. The summed E-state index contributed by atoms with van der Waals surface area (Å²) in [5, 5.41) is 3.05. The molecule has 4 unspecified atom stereocenters. The number of Topliss-reactive ketones (excluding diaryl/α,β-unsaturated/α-hetero) is 2. The molecule has 7 rings (SSSR count). The highest BCUT2D eigenvalue weighted by atomic mass is 16.3. The fraction of sp³-hybridized carbons (Fsp3) is 0.156. The molecule has 1 amide bonds. The number of fused-ring (bicyclic) bond motifs is 6. The first-order chi connectivity index (χ1) is 18.5. The normalized spacial score (nSPS) is 24.6. The Morgan fingerprint density at radius 3 is 2.45 bits per heavy atom. The van der Waals surface area contributed by atoms with Crippen LogP contribution in [-0.4, -0.2) is 28.4 Å². The van der Waals surface area contributed by atoms with E-state index in [0.717, 1.165) is 16.7 Å². The predicted octanol–water partition coefficient (Wildman–Crippen LogP) is 5.57. The quantitative estimate of drug-likeness (QED) is 0.371. The van der Waals surface area contributed by atoms with Gasteiger partial charge in [-0.1, -0.05) is 72.3 Å². The van der Waals surface area contributed by atoms with E-state index >= 15 is 0 Å². The number of anilines is 1. The van der Waals surface area contributed by atoms with Crippen LogP contribution in [0.25, 0.3) is 6.08 Å². The van der Waals surface area contributed by atoms with Gasteiger partial charge in [0.1, 0.15) is 11.5 Å². The van der Waals surface area contributed by atoms with Gasteiger partial charge in [0.25, 0.3) is 0 Å². The zero-order chi connectivity index (χ0) is 26.0. The number of furan rings is 1. The van der Waals surface area contributed by atoms with Crippen molar-refractivity contribution in [2.75, 3.05) is 5.32 Å². The Morgan fingerprint density at radius 2 is 1.66 bits per heavy atom. The van der Waals surface area contributed by atoms with Crippen molar-refractivity contribution in [1.82, 2.24) is 4.90 Å². The fourth-order valence-corrected chi connectivity index (χ4v) is 6.63. The van der Waals surface area contributed by atoms with Crippen molar-refractivity contribution in [1.29, 1.82) is 0 Å². The number of nitrogens with one attached hydrogen (secondary N) is 1. The van der Waals surface area contributed by atoms with Crippen LogP contribution in [0.1, 0.15) is 49.2 Å². The Bertz CT molecular complexity index is 1640. The molecule has 4 atom stereocenters. The summed E-state index contributed by atoms with van der Waals surface area (Å²) >= 11 is 0. The second-order valence-corrected chi connectivity index (χ2v) is 10.2. The van der Waals surface area contributed by atoms with Crippen molar-refractivity contribution < 1.29 is 18.8 Å². The molecule has 1 saturated heterocycles. The number of para-hydroxylation sites is 1. The summed E-state index contributed by atoms with van der Waals surface area (Å²) in [5.74, 6) is -1.77. The number of ketones is 2. The molecule has 0 aliphatic carbocycles. The Balaban J connectivity index is 1.54. The predicted molar refractivity (Wildman–Crippen MR) is 143 cm³/mol. The van der Waals surface area contributed by atoms with Crippen LogP contribution in [-0.2, 0) is 10.2 Å². The molecule has 0 saturated carbocycles. The van der Waals surface area contributed by atoms with Crippen LogP contribution in [0, 0.1) is 12.8 Å². The number of nitrogens with zero attached hydrogens (tertiary/aromatic N) is 1. The standard InChI is InChI=1S/C32H24N2O4/c1-19-12-14-21(15-13-19)28(35)27-26(29(36)25-11-6-18-38-25)32(23-9-4-5-10-24(23)33-31(32)37)30-22-8-3-2-7-20(22)16-17-34(27)30/h2-18,26-27,30H,1H3,(H,33,37). The smallest absolute Gasteiger partial charge is 0.238 e. The summed E-state index contributed by atoms with van der Waals surface area (Å²) in [6, 6.07) is 24.4. The number of hydrogen-bond acceptors (Lipinski definition) is 5. The lowest BCUT2D eigenvalue weighted by molar-refractivity contribution is -0.122. The number of amides is 1. The Labute approximate surface area is 219 Å². The van der Waals surface area contributed by atoms with Crippen LogP contribution in [0.15, 0.2) is 102 Å². The van der Waals surface area contributed by atoms with Gasteiger partial charge in [0.05, 0.1) is 18.2 Å². The summed E-state index contributed by atoms with van der Waals surface area (Å²) in [6.07, 6.45) is 5.26. The van der Waals surface area contributed by atoms with Crippen molar-refractivity contribution in [3.63, 3.8) is 0 Å². The van der Waals surface area contributed by atoms with E-state index in [4.69, 9.17) is 4.42 Å². The maximum Gasteiger partial charge on any atom is 0.238 e. The highest BCUT2D eigenvalue weighted by Gasteiger charge is 2.71. The molecule has 186 valence electrons. The molecule has 1 fully saturated rings. The van der Waals surface area contributed by atoms with E-state index in [0.29, 0.717) is 16.8 Å². The van der Waals surface area contributed by atoms with Crippen LogP contribution < -0.4 is 5.32 Å². The van der Waals surface area contributed by atoms with Gasteiger partial charge in [-0.05, 0) is 47.9 Å². The van der Waals surface area contributed by atoms with E-state index in [2.05, 4.69) is 5.32 Å². The van der Waals surface area contributed by atoms with Crippen molar-refractivity contribution in [3.05, 3.63) is 131 Å². The fourth-order valence-electron chi connectivity index (χ4n) is 6.63. The van der Waals surface area contributed by atoms with E-state index in [-0.39, 0.29) is 23.2 Å². The number of carbonyl (C=O) groups is 3. The molecule has 4 heterocycles. The largest absolute Gasteiger partial charge is 0.461 e. The maximum absolute atomic E-state index is 14.4. The van der Waals surface area contributed by atoms with Gasteiger partial charge in [-0.25, -0.2) is 0 Å². The summed E-state index contributed by atoms with van der Waals surface area (Å²) < 4.78 is 5.58. The van der Waals surface area contributed by atoms with E-state index in [9.17, 15) is 14.4 Å². The average Bonchev–Trinajstić information content (AvgIpc) is 3.65. The average molecular weight is 501 g/mol. The first-order valence-corrected chi connectivity index (χ1v) is 12.7. The molecule has 1 spiro atoms. The van der Waals surface area contributed by atoms with Crippen LogP contribution in [0.5, 0.6) is 0 Å².